The first-order valence-corrected chi connectivity index (χ1v) is 20.5. The van der Waals surface area contributed by atoms with Gasteiger partial charge in [0.05, 0.1) is 27.4 Å². The fraction of sp³-hybridized carbons (Fsp3) is 0.609. The SMILES string of the molecule is COc1cc(C=CC(=O)O)c(C(C)(O[Si](C)(C)C)C(C[SiH2]C)O[Si](C)(C)C)c(OC)c1OC. The molecule has 1 aromatic carbocycles. The van der Waals surface area contributed by atoms with Gasteiger partial charge >= 0.3 is 5.97 Å². The zero-order valence-electron chi connectivity index (χ0n) is 22.1. The Morgan fingerprint density at radius 1 is 1.06 bits per heavy atom. The second-order valence-corrected chi connectivity index (χ2v) is 20.6. The van der Waals surface area contributed by atoms with Gasteiger partial charge in [0.25, 0.3) is 0 Å². The lowest BCUT2D eigenvalue weighted by molar-refractivity contribution is -0.131. The molecule has 0 spiro atoms. The fourth-order valence-electron chi connectivity index (χ4n) is 4.03. The summed E-state index contributed by atoms with van der Waals surface area (Å²) in [5.41, 5.74) is 0.458. The Hall–Kier alpha value is -1.60. The topological polar surface area (TPSA) is 83.5 Å². The molecule has 0 saturated carbocycles. The lowest BCUT2D eigenvalue weighted by Gasteiger charge is -2.46. The van der Waals surface area contributed by atoms with E-state index in [2.05, 4.69) is 45.8 Å². The van der Waals surface area contributed by atoms with Crippen LogP contribution in [0.2, 0.25) is 51.9 Å². The zero-order chi connectivity index (χ0) is 25.6. The lowest BCUT2D eigenvalue weighted by Crippen LogP contribution is -2.51. The Labute approximate surface area is 203 Å². The highest BCUT2D eigenvalue weighted by molar-refractivity contribution is 6.70. The highest BCUT2D eigenvalue weighted by Gasteiger charge is 2.46. The van der Waals surface area contributed by atoms with E-state index in [4.69, 9.17) is 23.1 Å². The number of hydrogen-bond acceptors (Lipinski definition) is 6. The van der Waals surface area contributed by atoms with Gasteiger partial charge in [-0.25, -0.2) is 4.79 Å². The van der Waals surface area contributed by atoms with Crippen LogP contribution in [0.4, 0.5) is 0 Å². The van der Waals surface area contributed by atoms with E-state index in [1.165, 1.54) is 0 Å². The lowest BCUT2D eigenvalue weighted by atomic mass is 9.85. The van der Waals surface area contributed by atoms with Crippen molar-refractivity contribution in [3.8, 4) is 17.2 Å². The second kappa shape index (κ2) is 11.7. The molecule has 0 fully saturated rings. The maximum absolute atomic E-state index is 11.4. The minimum Gasteiger partial charge on any atom is -0.493 e. The average molecular weight is 515 g/mol. The average Bonchev–Trinajstić information content (AvgIpc) is 2.67. The number of carboxylic acids is 1. The first kappa shape index (κ1) is 29.4. The molecule has 1 aromatic rings. The number of carboxylic acid groups (broad SMARTS) is 1. The number of hydrogen-bond donors (Lipinski definition) is 1. The molecule has 0 bridgehead atoms. The van der Waals surface area contributed by atoms with Crippen molar-refractivity contribution in [1.29, 1.82) is 0 Å². The van der Waals surface area contributed by atoms with Crippen LogP contribution in [0.25, 0.3) is 6.08 Å². The quantitative estimate of drug-likeness (QED) is 0.301. The molecule has 7 nitrogen and oxygen atoms in total. The highest BCUT2D eigenvalue weighted by Crippen LogP contribution is 2.50. The van der Waals surface area contributed by atoms with Gasteiger partial charge in [0.1, 0.15) is 5.60 Å². The van der Waals surface area contributed by atoms with E-state index in [1.54, 1.807) is 33.5 Å². The Kier molecular flexibility index (Phi) is 10.4. The minimum absolute atomic E-state index is 0.212. The summed E-state index contributed by atoms with van der Waals surface area (Å²) in [5, 5.41) is 9.34. The van der Waals surface area contributed by atoms with Crippen LogP contribution in [-0.4, -0.2) is 64.7 Å². The Bertz CT molecular complexity index is 844. The third-order valence-electron chi connectivity index (χ3n) is 4.94. The molecule has 10 heteroatoms. The Morgan fingerprint density at radius 2 is 1.64 bits per heavy atom. The van der Waals surface area contributed by atoms with Crippen LogP contribution in [0.5, 0.6) is 17.2 Å². The molecule has 0 radical (unpaired) electrons. The molecule has 0 saturated heterocycles. The molecule has 0 aliphatic rings. The maximum atomic E-state index is 11.4. The van der Waals surface area contributed by atoms with Crippen LogP contribution >= 0.6 is 0 Å². The number of rotatable bonds is 13. The molecule has 1 rings (SSSR count). The largest absolute Gasteiger partial charge is 0.493 e. The molecular formula is C23H42O7Si3. The van der Waals surface area contributed by atoms with Crippen molar-refractivity contribution in [3.05, 3.63) is 23.3 Å². The summed E-state index contributed by atoms with van der Waals surface area (Å²) in [6.45, 7) is 17.2. The third-order valence-corrected chi connectivity index (χ3v) is 8.07. The van der Waals surface area contributed by atoms with Gasteiger partial charge in [-0.2, -0.15) is 0 Å². The predicted molar refractivity (Wildman–Crippen MR) is 142 cm³/mol. The number of benzene rings is 1. The third kappa shape index (κ3) is 7.99. The molecule has 0 amide bonds. The van der Waals surface area contributed by atoms with E-state index in [0.29, 0.717) is 28.4 Å². The molecule has 0 heterocycles. The summed E-state index contributed by atoms with van der Waals surface area (Å²) in [5.74, 6) is 0.308. The minimum atomic E-state index is -2.11. The van der Waals surface area contributed by atoms with Gasteiger partial charge in [-0.15, -0.1) is 0 Å². The van der Waals surface area contributed by atoms with Crippen molar-refractivity contribution in [1.82, 2.24) is 0 Å². The number of methoxy groups -OCH3 is 3. The van der Waals surface area contributed by atoms with Gasteiger partial charge in [-0.1, -0.05) is 6.55 Å². The zero-order valence-corrected chi connectivity index (χ0v) is 25.5. The van der Waals surface area contributed by atoms with Crippen molar-refractivity contribution >= 4 is 38.2 Å². The van der Waals surface area contributed by atoms with Crippen LogP contribution < -0.4 is 14.2 Å². The van der Waals surface area contributed by atoms with Gasteiger partial charge in [0.15, 0.2) is 28.1 Å². The monoisotopic (exact) mass is 514 g/mol. The Balaban J connectivity index is 4.14. The summed E-state index contributed by atoms with van der Waals surface area (Å²) >= 11 is 0. The Morgan fingerprint density at radius 3 is 2.03 bits per heavy atom. The van der Waals surface area contributed by atoms with Crippen molar-refractivity contribution in [2.75, 3.05) is 21.3 Å². The highest BCUT2D eigenvalue weighted by atomic mass is 28.4. The molecule has 33 heavy (non-hydrogen) atoms. The first-order chi connectivity index (χ1) is 15.1. The van der Waals surface area contributed by atoms with Crippen LogP contribution in [-0.2, 0) is 19.2 Å². The summed E-state index contributed by atoms with van der Waals surface area (Å²) in [6.07, 6.45) is 2.46. The molecule has 0 aliphatic heterocycles. The van der Waals surface area contributed by atoms with Gasteiger partial charge in [0.2, 0.25) is 5.75 Å². The molecule has 188 valence electrons. The van der Waals surface area contributed by atoms with Gasteiger partial charge in [0, 0.05) is 21.2 Å². The summed E-state index contributed by atoms with van der Waals surface area (Å²) in [4.78, 5) is 11.4. The number of aliphatic carboxylic acids is 1. The van der Waals surface area contributed by atoms with Crippen LogP contribution in [0.3, 0.4) is 0 Å². The van der Waals surface area contributed by atoms with Crippen LogP contribution in [0, 0.1) is 0 Å². The van der Waals surface area contributed by atoms with Crippen molar-refractivity contribution in [2.45, 2.75) is 70.5 Å². The fourth-order valence-corrected chi connectivity index (χ4v) is 8.16. The molecule has 1 N–H and O–H groups in total. The molecule has 0 aromatic heterocycles. The van der Waals surface area contributed by atoms with Gasteiger partial charge in [-0.05, 0) is 70.0 Å². The second-order valence-electron chi connectivity index (χ2n) is 10.1. The van der Waals surface area contributed by atoms with E-state index in [9.17, 15) is 9.90 Å². The number of ether oxygens (including phenoxy) is 3. The standard InChI is InChI=1S/C23H42O7Si3/c1-23(30-33(9,10)11,18(15-31-5)29-32(6,7)8)20-16(12-13-19(24)25)14-17(26-2)21(27-3)22(20)28-4/h12-14,18H,15,31H2,1-11H3,(H,24,25). The van der Waals surface area contributed by atoms with Gasteiger partial charge in [-0.3, -0.25) is 0 Å². The molecule has 2 atom stereocenters. The van der Waals surface area contributed by atoms with E-state index < -0.39 is 37.7 Å². The van der Waals surface area contributed by atoms with E-state index in [1.807, 2.05) is 6.92 Å². The molecule has 0 aliphatic carbocycles. The first-order valence-electron chi connectivity index (χ1n) is 11.3. The van der Waals surface area contributed by atoms with Gasteiger partial charge < -0.3 is 28.2 Å². The maximum Gasteiger partial charge on any atom is 0.328 e. The summed E-state index contributed by atoms with van der Waals surface area (Å²) in [7, 11) is 0.213. The molecule has 2 unspecified atom stereocenters. The summed E-state index contributed by atoms with van der Waals surface area (Å²) in [6, 6.07) is 2.68. The summed E-state index contributed by atoms with van der Waals surface area (Å²) < 4.78 is 30.8. The van der Waals surface area contributed by atoms with Crippen molar-refractivity contribution in [2.24, 2.45) is 0 Å². The van der Waals surface area contributed by atoms with E-state index in [0.717, 1.165) is 12.1 Å². The van der Waals surface area contributed by atoms with Crippen molar-refractivity contribution < 1.29 is 33.0 Å². The van der Waals surface area contributed by atoms with E-state index in [-0.39, 0.29) is 6.10 Å². The van der Waals surface area contributed by atoms with Crippen LogP contribution in [0.15, 0.2) is 12.1 Å². The van der Waals surface area contributed by atoms with Crippen molar-refractivity contribution in [3.63, 3.8) is 0 Å². The smallest absolute Gasteiger partial charge is 0.328 e. The molecular weight excluding hydrogens is 473 g/mol. The van der Waals surface area contributed by atoms with E-state index >= 15 is 0 Å². The normalized spacial score (nSPS) is 15.6. The predicted octanol–water partition coefficient (Wildman–Crippen LogP) is 4.73. The van der Waals surface area contributed by atoms with Crippen LogP contribution in [0.1, 0.15) is 18.1 Å². The number of carbonyl (C=O) groups is 1.